The van der Waals surface area contributed by atoms with Crippen LogP contribution in [0.25, 0.3) is 0 Å². The van der Waals surface area contributed by atoms with E-state index in [2.05, 4.69) is 22.5 Å². The number of likely N-dealkylation sites (N-methyl/N-ethyl adjacent to an activating group) is 1. The number of benzene rings is 2. The summed E-state index contributed by atoms with van der Waals surface area (Å²) in [7, 11) is 3.45. The zero-order valence-corrected chi connectivity index (χ0v) is 18.9. The van der Waals surface area contributed by atoms with Gasteiger partial charge in [-0.15, -0.1) is 0 Å². The summed E-state index contributed by atoms with van der Waals surface area (Å²) in [5.41, 5.74) is 3.27. The summed E-state index contributed by atoms with van der Waals surface area (Å²) in [6, 6.07) is 15.2. The van der Waals surface area contributed by atoms with Crippen LogP contribution in [0.3, 0.4) is 0 Å². The fraction of sp³-hybridized carbons (Fsp3) is 0.308. The topological polar surface area (TPSA) is 45.3 Å². The number of hydrogen-bond acceptors (Lipinski definition) is 4. The lowest BCUT2D eigenvalue weighted by Gasteiger charge is -2.31. The van der Waals surface area contributed by atoms with Crippen molar-refractivity contribution in [2.75, 3.05) is 20.7 Å². The molecule has 0 fully saturated rings. The minimum atomic E-state index is -4.33. The number of ether oxygens (including phenoxy) is 1. The third kappa shape index (κ3) is 6.65. The third-order valence-corrected chi connectivity index (χ3v) is 5.76. The van der Waals surface area contributed by atoms with Crippen LogP contribution in [0.2, 0.25) is 0 Å². The Morgan fingerprint density at radius 3 is 2.33 bits per heavy atom. The molecule has 0 radical (unpaired) electrons. The summed E-state index contributed by atoms with van der Waals surface area (Å²) in [5.74, 6) is 0.694. The average molecular weight is 458 g/mol. The predicted molar refractivity (Wildman–Crippen MR) is 125 cm³/mol. The standard InChI is InChI=1S/C26H30F3N3O/c1-18(30-2)25(20-7-5-4-6-8-20)32-23(21-12-16-24(33-3)31-17-21)15-11-19-9-13-22(14-10-19)26(27,28)29/h4-10,12-14,16,23,25,30-32H,1,11,15,17H2,2-3H3/t23-,25?/m0/s1. The molecule has 2 aromatic rings. The Labute approximate surface area is 193 Å². The zero-order chi connectivity index (χ0) is 23.8. The van der Waals surface area contributed by atoms with E-state index in [0.29, 0.717) is 25.3 Å². The summed E-state index contributed by atoms with van der Waals surface area (Å²) in [6.45, 7) is 4.79. The van der Waals surface area contributed by atoms with Crippen molar-refractivity contribution in [1.29, 1.82) is 0 Å². The van der Waals surface area contributed by atoms with Crippen LogP contribution in [0.4, 0.5) is 13.2 Å². The van der Waals surface area contributed by atoms with Crippen molar-refractivity contribution < 1.29 is 17.9 Å². The van der Waals surface area contributed by atoms with Crippen molar-refractivity contribution in [3.8, 4) is 0 Å². The monoisotopic (exact) mass is 457 g/mol. The molecule has 0 amide bonds. The van der Waals surface area contributed by atoms with Crippen molar-refractivity contribution in [3.63, 3.8) is 0 Å². The number of rotatable bonds is 10. The third-order valence-electron chi connectivity index (χ3n) is 5.76. The predicted octanol–water partition coefficient (Wildman–Crippen LogP) is 5.09. The Hall–Kier alpha value is -3.19. The van der Waals surface area contributed by atoms with Crippen LogP contribution in [0, 0.1) is 0 Å². The van der Waals surface area contributed by atoms with Crippen LogP contribution >= 0.6 is 0 Å². The molecule has 0 spiro atoms. The molecule has 0 saturated heterocycles. The molecule has 176 valence electrons. The molecule has 33 heavy (non-hydrogen) atoms. The normalized spacial score (nSPS) is 15.5. The Kier molecular flexibility index (Phi) is 8.22. The fourth-order valence-corrected chi connectivity index (χ4v) is 3.81. The van der Waals surface area contributed by atoms with Gasteiger partial charge in [0.2, 0.25) is 0 Å². The molecule has 0 aromatic heterocycles. The highest BCUT2D eigenvalue weighted by Crippen LogP contribution is 2.29. The summed E-state index contributed by atoms with van der Waals surface area (Å²) >= 11 is 0. The van der Waals surface area contributed by atoms with Crippen LogP contribution in [-0.4, -0.2) is 26.7 Å². The summed E-state index contributed by atoms with van der Waals surface area (Å²) < 4.78 is 44.0. The van der Waals surface area contributed by atoms with E-state index in [1.165, 1.54) is 0 Å². The molecule has 1 heterocycles. The quantitative estimate of drug-likeness (QED) is 0.465. The van der Waals surface area contributed by atoms with E-state index < -0.39 is 11.7 Å². The van der Waals surface area contributed by atoms with Crippen molar-refractivity contribution in [2.45, 2.75) is 31.1 Å². The number of methoxy groups -OCH3 is 1. The van der Waals surface area contributed by atoms with Crippen molar-refractivity contribution in [1.82, 2.24) is 16.0 Å². The molecule has 2 atom stereocenters. The van der Waals surface area contributed by atoms with Gasteiger partial charge in [-0.25, -0.2) is 0 Å². The second kappa shape index (κ2) is 11.1. The number of halogens is 3. The lowest BCUT2D eigenvalue weighted by atomic mass is 9.94. The molecule has 4 nitrogen and oxygen atoms in total. The molecular weight excluding hydrogens is 427 g/mol. The van der Waals surface area contributed by atoms with Gasteiger partial charge in [0, 0.05) is 25.3 Å². The van der Waals surface area contributed by atoms with Crippen molar-refractivity contribution >= 4 is 0 Å². The van der Waals surface area contributed by atoms with Crippen molar-refractivity contribution in [2.24, 2.45) is 0 Å². The molecule has 1 aliphatic heterocycles. The molecule has 7 heteroatoms. The van der Waals surface area contributed by atoms with Gasteiger partial charge in [-0.1, -0.05) is 55.1 Å². The molecular formula is C26H30F3N3O. The number of alkyl halides is 3. The second-order valence-corrected chi connectivity index (χ2v) is 7.90. The SMILES string of the molecule is C=C(NC)C(N[C@@H](CCc1ccc(C(F)(F)F)cc1)C1=CC=C(OC)NC1)c1ccccc1. The van der Waals surface area contributed by atoms with Crippen LogP contribution in [0.5, 0.6) is 0 Å². The minimum absolute atomic E-state index is 0.0373. The van der Waals surface area contributed by atoms with E-state index >= 15 is 0 Å². The number of hydrogen-bond donors (Lipinski definition) is 3. The van der Waals surface area contributed by atoms with Crippen LogP contribution in [0.1, 0.15) is 29.2 Å². The van der Waals surface area contributed by atoms with E-state index in [1.807, 2.05) is 49.5 Å². The van der Waals surface area contributed by atoms with Gasteiger partial charge in [0.25, 0.3) is 0 Å². The van der Waals surface area contributed by atoms with Gasteiger partial charge in [0.1, 0.15) is 0 Å². The number of allylic oxidation sites excluding steroid dienone is 2. The molecule has 3 N–H and O–H groups in total. The smallest absolute Gasteiger partial charge is 0.416 e. The zero-order valence-electron chi connectivity index (χ0n) is 18.9. The van der Waals surface area contributed by atoms with Gasteiger partial charge in [0.15, 0.2) is 5.88 Å². The van der Waals surface area contributed by atoms with Crippen LogP contribution < -0.4 is 16.0 Å². The van der Waals surface area contributed by atoms with E-state index in [4.69, 9.17) is 4.74 Å². The van der Waals surface area contributed by atoms with E-state index in [0.717, 1.165) is 34.5 Å². The van der Waals surface area contributed by atoms with E-state index in [-0.39, 0.29) is 12.1 Å². The second-order valence-electron chi connectivity index (χ2n) is 7.90. The maximum Gasteiger partial charge on any atom is 0.416 e. The Morgan fingerprint density at radius 2 is 1.79 bits per heavy atom. The molecule has 3 rings (SSSR count). The summed E-state index contributed by atoms with van der Waals surface area (Å²) in [4.78, 5) is 0. The van der Waals surface area contributed by atoms with Crippen molar-refractivity contribution in [3.05, 3.63) is 107 Å². The lowest BCUT2D eigenvalue weighted by molar-refractivity contribution is -0.137. The average Bonchev–Trinajstić information content (AvgIpc) is 2.84. The maximum atomic E-state index is 12.9. The first-order valence-corrected chi connectivity index (χ1v) is 10.8. The Balaban J connectivity index is 1.82. The first kappa shape index (κ1) is 24.5. The van der Waals surface area contributed by atoms with Crippen LogP contribution in [0.15, 0.2) is 90.5 Å². The van der Waals surface area contributed by atoms with E-state index in [1.54, 1.807) is 19.2 Å². The highest BCUT2D eigenvalue weighted by Gasteiger charge is 2.30. The molecule has 1 aliphatic rings. The molecule has 0 saturated carbocycles. The van der Waals surface area contributed by atoms with Gasteiger partial charge in [-0.3, -0.25) is 5.32 Å². The van der Waals surface area contributed by atoms with Gasteiger partial charge in [-0.05, 0) is 47.8 Å². The Bertz CT molecular complexity index is 982. The highest BCUT2D eigenvalue weighted by molar-refractivity contribution is 5.31. The van der Waals surface area contributed by atoms with Gasteiger partial charge in [-0.2, -0.15) is 13.2 Å². The number of nitrogens with one attached hydrogen (secondary N) is 3. The van der Waals surface area contributed by atoms with E-state index in [9.17, 15) is 13.2 Å². The summed E-state index contributed by atoms with van der Waals surface area (Å²) in [6.07, 6.45) is 0.917. The first-order valence-electron chi connectivity index (χ1n) is 10.8. The number of dihydropyridines is 1. The summed E-state index contributed by atoms with van der Waals surface area (Å²) in [5, 5.41) is 10.1. The highest BCUT2D eigenvalue weighted by atomic mass is 19.4. The first-order chi connectivity index (χ1) is 15.8. The Morgan fingerprint density at radius 1 is 1.09 bits per heavy atom. The molecule has 2 aromatic carbocycles. The minimum Gasteiger partial charge on any atom is -0.483 e. The maximum absolute atomic E-state index is 12.9. The molecule has 1 unspecified atom stereocenters. The van der Waals surface area contributed by atoms with Gasteiger partial charge in [0.05, 0.1) is 18.7 Å². The lowest BCUT2D eigenvalue weighted by Crippen LogP contribution is -2.40. The van der Waals surface area contributed by atoms with Gasteiger partial charge < -0.3 is 15.4 Å². The van der Waals surface area contributed by atoms with Gasteiger partial charge >= 0.3 is 6.18 Å². The van der Waals surface area contributed by atoms with Crippen LogP contribution in [-0.2, 0) is 17.3 Å². The fourth-order valence-electron chi connectivity index (χ4n) is 3.81. The number of aryl methyl sites for hydroxylation is 1. The largest absolute Gasteiger partial charge is 0.483 e. The molecule has 0 bridgehead atoms. The molecule has 0 aliphatic carbocycles.